The zero-order valence-corrected chi connectivity index (χ0v) is 9.02. The predicted octanol–water partition coefficient (Wildman–Crippen LogP) is 2.28. The predicted molar refractivity (Wildman–Crippen MR) is 49.5 cm³/mol. The number of hydrogen-bond donors (Lipinski definition) is 0. The fraction of sp³-hybridized carbons (Fsp3) is 0.875. The molecule has 0 fully saturated rings. The summed E-state index contributed by atoms with van der Waals surface area (Å²) in [5.41, 5.74) is 0. The molecule has 3 heteroatoms. The van der Waals surface area contributed by atoms with Gasteiger partial charge in [0.05, 0.1) is 0 Å². The van der Waals surface area contributed by atoms with Gasteiger partial charge in [0.2, 0.25) is 0 Å². The lowest BCUT2D eigenvalue weighted by Gasteiger charge is -2.24. The van der Waals surface area contributed by atoms with Crippen LogP contribution in [0.25, 0.3) is 0 Å². The molecule has 0 aromatic carbocycles. The first-order valence-corrected chi connectivity index (χ1v) is 6.70. The summed E-state index contributed by atoms with van der Waals surface area (Å²) >= 11 is 0. The Morgan fingerprint density at radius 1 is 1.09 bits per heavy atom. The van der Waals surface area contributed by atoms with Crippen molar-refractivity contribution in [2.45, 2.75) is 33.7 Å². The van der Waals surface area contributed by atoms with Gasteiger partial charge in [-0.05, 0) is 20.4 Å². The van der Waals surface area contributed by atoms with Crippen molar-refractivity contribution < 1.29 is 8.85 Å². The molecule has 0 bridgehead atoms. The Hall–Kier alpha value is 0.137. The van der Waals surface area contributed by atoms with E-state index in [1.165, 1.54) is 0 Å². The highest BCUT2D eigenvalue weighted by Crippen LogP contribution is 2.12. The fourth-order valence-electron chi connectivity index (χ4n) is 1.10. The third-order valence-electron chi connectivity index (χ3n) is 1.44. The molecule has 0 saturated carbocycles. The Labute approximate surface area is 71.1 Å². The maximum absolute atomic E-state index is 5.57. The van der Waals surface area contributed by atoms with Crippen LogP contribution in [-0.2, 0) is 8.85 Å². The highest BCUT2D eigenvalue weighted by atomic mass is 28.4. The van der Waals surface area contributed by atoms with E-state index < -0.39 is 8.56 Å². The van der Waals surface area contributed by atoms with E-state index in [1.807, 2.05) is 13.8 Å². The molecule has 0 unspecified atom stereocenters. The molecule has 0 aliphatic heterocycles. The summed E-state index contributed by atoms with van der Waals surface area (Å²) < 4.78 is 11.1. The van der Waals surface area contributed by atoms with E-state index in [0.717, 1.165) is 19.6 Å². The molecule has 0 aliphatic carbocycles. The number of rotatable bonds is 6. The lowest BCUT2D eigenvalue weighted by Crippen LogP contribution is -2.39. The second kappa shape index (κ2) is 5.74. The van der Waals surface area contributed by atoms with Crippen LogP contribution >= 0.6 is 0 Å². The maximum atomic E-state index is 5.57. The molecule has 0 aromatic heterocycles. The Balaban J connectivity index is 3.79. The van der Waals surface area contributed by atoms with Crippen molar-refractivity contribution in [1.29, 1.82) is 0 Å². The Morgan fingerprint density at radius 2 is 1.55 bits per heavy atom. The van der Waals surface area contributed by atoms with E-state index in [-0.39, 0.29) is 0 Å². The minimum absolute atomic E-state index is 0.749. The Kier molecular flexibility index (Phi) is 5.82. The number of hydrogen-bond acceptors (Lipinski definition) is 2. The molecule has 0 saturated heterocycles. The van der Waals surface area contributed by atoms with Crippen molar-refractivity contribution in [2.24, 2.45) is 0 Å². The molecule has 0 aliphatic rings. The van der Waals surface area contributed by atoms with Crippen LogP contribution in [0.4, 0.5) is 0 Å². The Morgan fingerprint density at radius 3 is 1.82 bits per heavy atom. The van der Waals surface area contributed by atoms with E-state index >= 15 is 0 Å². The first kappa shape index (κ1) is 11.1. The molecular weight excluding hydrogens is 156 g/mol. The van der Waals surface area contributed by atoms with E-state index in [4.69, 9.17) is 8.85 Å². The molecule has 0 amide bonds. The van der Waals surface area contributed by atoms with Crippen molar-refractivity contribution in [1.82, 2.24) is 0 Å². The van der Waals surface area contributed by atoms with Crippen LogP contribution in [0, 0.1) is 6.04 Å². The van der Waals surface area contributed by atoms with Crippen LogP contribution in [0.5, 0.6) is 0 Å². The van der Waals surface area contributed by atoms with Crippen LogP contribution in [-0.4, -0.2) is 21.8 Å². The fourth-order valence-corrected chi connectivity index (χ4v) is 3.31. The van der Waals surface area contributed by atoms with Gasteiger partial charge in [-0.15, -0.1) is 0 Å². The van der Waals surface area contributed by atoms with E-state index in [0.29, 0.717) is 0 Å². The maximum Gasteiger partial charge on any atom is 0.338 e. The smallest absolute Gasteiger partial charge is 0.338 e. The molecule has 0 atom stereocenters. The van der Waals surface area contributed by atoms with Gasteiger partial charge >= 0.3 is 8.56 Å². The van der Waals surface area contributed by atoms with Crippen molar-refractivity contribution in [3.05, 3.63) is 6.04 Å². The zero-order valence-electron chi connectivity index (χ0n) is 8.02. The van der Waals surface area contributed by atoms with Crippen molar-refractivity contribution >= 4 is 8.56 Å². The highest BCUT2D eigenvalue weighted by Gasteiger charge is 2.29. The normalized spacial score (nSPS) is 12.0. The average Bonchev–Trinajstić information content (AvgIpc) is 1.88. The molecule has 0 spiro atoms. The summed E-state index contributed by atoms with van der Waals surface area (Å²) in [4.78, 5) is 0. The second-order valence-electron chi connectivity index (χ2n) is 2.49. The van der Waals surface area contributed by atoms with Gasteiger partial charge in [-0.1, -0.05) is 13.3 Å². The summed E-state index contributed by atoms with van der Waals surface area (Å²) in [5.74, 6) is 0. The van der Waals surface area contributed by atoms with Crippen molar-refractivity contribution in [3.63, 3.8) is 0 Å². The van der Waals surface area contributed by atoms with Gasteiger partial charge in [0.1, 0.15) is 0 Å². The zero-order chi connectivity index (χ0) is 8.74. The minimum atomic E-state index is -1.87. The standard InChI is InChI=1S/C8H19O2Si/c1-5-8-11(4,9-6-2)10-7-3/h8H,5-7H2,1-4H3. The van der Waals surface area contributed by atoms with Crippen LogP contribution in [0.3, 0.4) is 0 Å². The molecule has 0 aromatic rings. The molecular formula is C8H19O2Si. The lowest BCUT2D eigenvalue weighted by molar-refractivity contribution is 0.196. The van der Waals surface area contributed by atoms with Gasteiger partial charge in [0, 0.05) is 19.3 Å². The molecule has 67 valence electrons. The van der Waals surface area contributed by atoms with Gasteiger partial charge in [0.25, 0.3) is 0 Å². The SMILES string of the molecule is CC[CH][Si](C)(OCC)OCC. The van der Waals surface area contributed by atoms with Gasteiger partial charge in [-0.3, -0.25) is 0 Å². The van der Waals surface area contributed by atoms with E-state index in [2.05, 4.69) is 19.5 Å². The summed E-state index contributed by atoms with van der Waals surface area (Å²) in [6.07, 6.45) is 1.03. The summed E-state index contributed by atoms with van der Waals surface area (Å²) in [7, 11) is -1.87. The first-order chi connectivity index (χ1) is 5.18. The van der Waals surface area contributed by atoms with E-state index in [1.54, 1.807) is 0 Å². The summed E-state index contributed by atoms with van der Waals surface area (Å²) in [6.45, 7) is 9.72. The largest absolute Gasteiger partial charge is 0.394 e. The highest BCUT2D eigenvalue weighted by molar-refractivity contribution is 6.69. The summed E-state index contributed by atoms with van der Waals surface area (Å²) in [5, 5.41) is 0. The quantitative estimate of drug-likeness (QED) is 0.577. The molecule has 0 rings (SSSR count). The molecule has 1 radical (unpaired) electrons. The molecule has 0 heterocycles. The second-order valence-corrected chi connectivity index (χ2v) is 5.51. The van der Waals surface area contributed by atoms with Gasteiger partial charge in [-0.25, -0.2) is 0 Å². The van der Waals surface area contributed by atoms with Gasteiger partial charge in [0.15, 0.2) is 0 Å². The van der Waals surface area contributed by atoms with Crippen LogP contribution in [0.15, 0.2) is 0 Å². The van der Waals surface area contributed by atoms with Gasteiger partial charge in [-0.2, -0.15) is 0 Å². The van der Waals surface area contributed by atoms with Crippen molar-refractivity contribution in [3.8, 4) is 0 Å². The monoisotopic (exact) mass is 175 g/mol. The Bertz CT molecular complexity index is 79.1. The van der Waals surface area contributed by atoms with Crippen LogP contribution in [0.1, 0.15) is 27.2 Å². The third-order valence-corrected chi connectivity index (χ3v) is 4.31. The lowest BCUT2D eigenvalue weighted by atomic mass is 10.6. The van der Waals surface area contributed by atoms with E-state index in [9.17, 15) is 0 Å². The summed E-state index contributed by atoms with van der Waals surface area (Å²) in [6, 6.07) is 2.18. The molecule has 2 nitrogen and oxygen atoms in total. The topological polar surface area (TPSA) is 18.5 Å². The third kappa shape index (κ3) is 4.56. The van der Waals surface area contributed by atoms with Crippen LogP contribution < -0.4 is 0 Å². The minimum Gasteiger partial charge on any atom is -0.394 e. The molecule has 11 heavy (non-hydrogen) atoms. The van der Waals surface area contributed by atoms with Crippen molar-refractivity contribution in [2.75, 3.05) is 13.2 Å². The van der Waals surface area contributed by atoms with Gasteiger partial charge < -0.3 is 8.85 Å². The molecule has 0 N–H and O–H groups in total. The average molecular weight is 175 g/mol. The van der Waals surface area contributed by atoms with Crippen LogP contribution in [0.2, 0.25) is 6.55 Å². The first-order valence-electron chi connectivity index (χ1n) is 4.30.